The van der Waals surface area contributed by atoms with E-state index < -0.39 is 35.8 Å². The molecule has 4 nitrogen and oxygen atoms in total. The highest BCUT2D eigenvalue weighted by Gasteiger charge is 2.24. The summed E-state index contributed by atoms with van der Waals surface area (Å²) < 4.78 is 69.3. The second kappa shape index (κ2) is 5.78. The third kappa shape index (κ3) is 4.02. The molecule has 0 aromatic carbocycles. The van der Waals surface area contributed by atoms with E-state index >= 15 is 0 Å². The van der Waals surface area contributed by atoms with Crippen LogP contribution < -0.4 is 0 Å². The summed E-state index contributed by atoms with van der Waals surface area (Å²) in [5, 5.41) is 0. The fourth-order valence-corrected chi connectivity index (χ4v) is 0.303. The van der Waals surface area contributed by atoms with Gasteiger partial charge in [-0.2, -0.15) is 26.3 Å². The minimum atomic E-state index is -3.09. The third-order valence-electron chi connectivity index (χ3n) is 0.883. The molecule has 0 heterocycles. The molecule has 0 saturated heterocycles. The maximum atomic E-state index is 11.9. The Morgan fingerprint density at radius 3 is 1.06 bits per heavy atom. The van der Waals surface area contributed by atoms with Crippen LogP contribution in [0.2, 0.25) is 0 Å². The van der Waals surface area contributed by atoms with Gasteiger partial charge in [-0.25, -0.2) is 19.4 Å². The highest BCUT2D eigenvalue weighted by atomic mass is 19.3. The van der Waals surface area contributed by atoms with Crippen molar-refractivity contribution in [2.75, 3.05) is 0 Å². The zero-order chi connectivity index (χ0) is 12.9. The molecular formula is C6F6O4. The van der Waals surface area contributed by atoms with Crippen molar-refractivity contribution >= 4 is 11.9 Å². The summed E-state index contributed by atoms with van der Waals surface area (Å²) in [6, 6.07) is 0. The van der Waals surface area contributed by atoms with Crippen LogP contribution in [0.5, 0.6) is 0 Å². The first-order valence-electron chi connectivity index (χ1n) is 3.12. The standard InChI is InChI=1S/C6F6O4/c7-1(3(9)10)5(13)15-16-6(14)2(8)4(11)12. The molecule has 0 aromatic heterocycles. The maximum absolute atomic E-state index is 11.9. The molecule has 0 rings (SSSR count). The normalized spacial score (nSPS) is 9.12. The average molecular weight is 250 g/mol. The van der Waals surface area contributed by atoms with Crippen LogP contribution in [0.1, 0.15) is 0 Å². The van der Waals surface area contributed by atoms with Gasteiger partial charge >= 0.3 is 24.1 Å². The number of halogens is 6. The molecular weight excluding hydrogens is 250 g/mol. The van der Waals surface area contributed by atoms with E-state index in [1.165, 1.54) is 0 Å². The van der Waals surface area contributed by atoms with Gasteiger partial charge in [-0.15, -0.1) is 0 Å². The summed E-state index contributed by atoms with van der Waals surface area (Å²) in [4.78, 5) is 26.3. The van der Waals surface area contributed by atoms with E-state index in [2.05, 4.69) is 9.78 Å². The highest BCUT2D eigenvalue weighted by Crippen LogP contribution is 2.13. The SMILES string of the molecule is O=C(OOC(=O)C(F)=C(F)F)C(F)=C(F)F. The Kier molecular flexibility index (Phi) is 5.06. The van der Waals surface area contributed by atoms with Crippen molar-refractivity contribution in [1.29, 1.82) is 0 Å². The summed E-state index contributed by atoms with van der Waals surface area (Å²) in [5.41, 5.74) is 0. The molecule has 0 spiro atoms. The lowest BCUT2D eigenvalue weighted by molar-refractivity contribution is -0.255. The van der Waals surface area contributed by atoms with Gasteiger partial charge in [-0.05, 0) is 0 Å². The fourth-order valence-electron chi connectivity index (χ4n) is 0.303. The van der Waals surface area contributed by atoms with Gasteiger partial charge in [0.25, 0.3) is 11.7 Å². The zero-order valence-corrected chi connectivity index (χ0v) is 6.90. The molecule has 0 aliphatic rings. The molecule has 0 saturated carbocycles. The molecule has 16 heavy (non-hydrogen) atoms. The van der Waals surface area contributed by atoms with E-state index in [1.807, 2.05) is 0 Å². The van der Waals surface area contributed by atoms with Crippen LogP contribution in [0.25, 0.3) is 0 Å². The monoisotopic (exact) mass is 250 g/mol. The van der Waals surface area contributed by atoms with E-state index in [9.17, 15) is 35.9 Å². The van der Waals surface area contributed by atoms with Crippen LogP contribution in [0.15, 0.2) is 23.8 Å². The predicted molar refractivity (Wildman–Crippen MR) is 32.9 cm³/mol. The number of rotatable bonds is 2. The Hall–Kier alpha value is -2.00. The summed E-state index contributed by atoms with van der Waals surface area (Å²) >= 11 is 0. The van der Waals surface area contributed by atoms with Gasteiger partial charge in [0.1, 0.15) is 0 Å². The van der Waals surface area contributed by atoms with Crippen LogP contribution in [0, 0.1) is 0 Å². The molecule has 0 amide bonds. The van der Waals surface area contributed by atoms with E-state index in [1.54, 1.807) is 0 Å². The van der Waals surface area contributed by atoms with Crippen molar-refractivity contribution in [3.63, 3.8) is 0 Å². The molecule has 0 fully saturated rings. The Morgan fingerprint density at radius 2 is 0.875 bits per heavy atom. The van der Waals surface area contributed by atoms with Crippen LogP contribution in [0.3, 0.4) is 0 Å². The number of hydrogen-bond donors (Lipinski definition) is 0. The first kappa shape index (κ1) is 14.0. The Balaban J connectivity index is 4.40. The first-order valence-corrected chi connectivity index (χ1v) is 3.12. The number of hydrogen-bond acceptors (Lipinski definition) is 4. The number of carbonyl (C=O) groups is 2. The Bertz CT molecular complexity index is 329. The van der Waals surface area contributed by atoms with Gasteiger partial charge in [0.15, 0.2) is 0 Å². The topological polar surface area (TPSA) is 52.6 Å². The molecule has 90 valence electrons. The summed E-state index contributed by atoms with van der Waals surface area (Å²) in [6.45, 7) is 0. The lowest BCUT2D eigenvalue weighted by atomic mass is 10.6. The summed E-state index contributed by atoms with van der Waals surface area (Å²) in [5.74, 6) is -10.4. The van der Waals surface area contributed by atoms with Crippen molar-refractivity contribution in [1.82, 2.24) is 0 Å². The molecule has 0 aliphatic carbocycles. The van der Waals surface area contributed by atoms with Crippen molar-refractivity contribution in [2.45, 2.75) is 0 Å². The molecule has 0 aliphatic heterocycles. The molecule has 10 heteroatoms. The first-order chi connectivity index (χ1) is 7.27. The molecule has 0 atom stereocenters. The van der Waals surface area contributed by atoms with Crippen LogP contribution in [-0.2, 0) is 19.4 Å². The maximum Gasteiger partial charge on any atom is 0.420 e. The van der Waals surface area contributed by atoms with Gasteiger partial charge in [-0.1, -0.05) is 0 Å². The second-order valence-corrected chi connectivity index (χ2v) is 1.89. The van der Waals surface area contributed by atoms with Crippen molar-refractivity contribution in [3.05, 3.63) is 23.8 Å². The highest BCUT2D eigenvalue weighted by molar-refractivity contribution is 5.89. The molecule has 0 aromatic rings. The van der Waals surface area contributed by atoms with Crippen LogP contribution in [0.4, 0.5) is 26.3 Å². The average Bonchev–Trinajstić information content (AvgIpc) is 2.22. The smallest absolute Gasteiger partial charge is 0.239 e. The Morgan fingerprint density at radius 1 is 0.625 bits per heavy atom. The summed E-state index contributed by atoms with van der Waals surface area (Å²) in [7, 11) is 0. The van der Waals surface area contributed by atoms with Crippen LogP contribution in [-0.4, -0.2) is 11.9 Å². The second-order valence-electron chi connectivity index (χ2n) is 1.89. The van der Waals surface area contributed by atoms with E-state index in [-0.39, 0.29) is 0 Å². The molecule has 0 bridgehead atoms. The van der Waals surface area contributed by atoms with Gasteiger partial charge in [0.2, 0.25) is 0 Å². The molecule has 0 unspecified atom stereocenters. The van der Waals surface area contributed by atoms with E-state index in [0.29, 0.717) is 0 Å². The van der Waals surface area contributed by atoms with Crippen molar-refractivity contribution in [3.8, 4) is 0 Å². The van der Waals surface area contributed by atoms with Crippen molar-refractivity contribution < 1.29 is 45.7 Å². The quantitative estimate of drug-likeness (QED) is 0.326. The minimum absolute atomic E-state index is 2.47. The van der Waals surface area contributed by atoms with Gasteiger partial charge in [-0.3, -0.25) is 0 Å². The number of carbonyl (C=O) groups excluding carboxylic acids is 2. The fraction of sp³-hybridized carbons (Fsp3) is 0. The van der Waals surface area contributed by atoms with E-state index in [0.717, 1.165) is 0 Å². The third-order valence-corrected chi connectivity index (χ3v) is 0.883. The minimum Gasteiger partial charge on any atom is -0.239 e. The van der Waals surface area contributed by atoms with Crippen LogP contribution >= 0.6 is 0 Å². The van der Waals surface area contributed by atoms with Crippen molar-refractivity contribution in [2.24, 2.45) is 0 Å². The molecule has 0 radical (unpaired) electrons. The largest absolute Gasteiger partial charge is 0.420 e. The van der Waals surface area contributed by atoms with Gasteiger partial charge in [0, 0.05) is 0 Å². The summed E-state index contributed by atoms with van der Waals surface area (Å²) in [6.07, 6.45) is -6.18. The molecule has 0 N–H and O–H groups in total. The predicted octanol–water partition coefficient (Wildman–Crippen LogP) is 2.14. The lowest BCUT2D eigenvalue weighted by Gasteiger charge is -1.98. The van der Waals surface area contributed by atoms with E-state index in [4.69, 9.17) is 0 Å². The Labute approximate surface area is 82.7 Å². The lowest BCUT2D eigenvalue weighted by Crippen LogP contribution is -2.12. The van der Waals surface area contributed by atoms with Gasteiger partial charge in [0.05, 0.1) is 0 Å². The zero-order valence-electron chi connectivity index (χ0n) is 6.90. The van der Waals surface area contributed by atoms with Gasteiger partial charge < -0.3 is 0 Å².